The van der Waals surface area contributed by atoms with Gasteiger partial charge in [-0.05, 0) is 36.4 Å². The lowest BCUT2D eigenvalue weighted by molar-refractivity contribution is 0.485. The van der Waals surface area contributed by atoms with E-state index in [1.54, 1.807) is 12.1 Å². The first-order valence-electron chi connectivity index (χ1n) is 7.01. The Hall–Kier alpha value is -3.07. The second-order valence-electron chi connectivity index (χ2n) is 4.72. The van der Waals surface area contributed by atoms with E-state index < -0.39 is 0 Å². The fraction of sp³-hybridized carbons (Fsp3) is 0. The zero-order valence-corrected chi connectivity index (χ0v) is 11.9. The standard InChI is InChI=1S/C19H15NO2/c21-18-13-6-2-5-11-16(18)20-17-12-7-8-14-19(17)22-15-9-3-1-4-10-15/h1-14H,(H,20,21). The van der Waals surface area contributed by atoms with Gasteiger partial charge in [0.2, 0.25) is 5.43 Å². The number of ether oxygens (including phenoxy) is 1. The SMILES string of the molecule is O=c1cccccc1Nc1ccccc1Oc1ccccc1. The van der Waals surface area contributed by atoms with Crippen LogP contribution in [0.1, 0.15) is 0 Å². The van der Waals surface area contributed by atoms with Gasteiger partial charge < -0.3 is 10.1 Å². The third-order valence-electron chi connectivity index (χ3n) is 3.13. The third-order valence-corrected chi connectivity index (χ3v) is 3.13. The van der Waals surface area contributed by atoms with Crippen molar-refractivity contribution in [1.29, 1.82) is 0 Å². The number of benzene rings is 2. The van der Waals surface area contributed by atoms with Crippen LogP contribution in [0.15, 0.2) is 89.7 Å². The molecule has 0 aromatic heterocycles. The van der Waals surface area contributed by atoms with Gasteiger partial charge in [0.1, 0.15) is 5.75 Å². The van der Waals surface area contributed by atoms with Crippen molar-refractivity contribution in [3.05, 3.63) is 95.2 Å². The summed E-state index contributed by atoms with van der Waals surface area (Å²) in [6.07, 6.45) is 0. The number of para-hydroxylation sites is 3. The summed E-state index contributed by atoms with van der Waals surface area (Å²) in [5.41, 5.74) is 1.18. The molecule has 3 rings (SSSR count). The van der Waals surface area contributed by atoms with Gasteiger partial charge in [-0.15, -0.1) is 0 Å². The molecule has 0 saturated carbocycles. The summed E-state index contributed by atoms with van der Waals surface area (Å²) in [5, 5.41) is 3.14. The highest BCUT2D eigenvalue weighted by atomic mass is 16.5. The van der Waals surface area contributed by atoms with Crippen LogP contribution >= 0.6 is 0 Å². The van der Waals surface area contributed by atoms with Crippen molar-refractivity contribution in [2.75, 3.05) is 5.32 Å². The van der Waals surface area contributed by atoms with Gasteiger partial charge in [-0.2, -0.15) is 0 Å². The van der Waals surface area contributed by atoms with Crippen LogP contribution in [0.4, 0.5) is 11.4 Å². The van der Waals surface area contributed by atoms with Crippen LogP contribution in [0.2, 0.25) is 0 Å². The van der Waals surface area contributed by atoms with E-state index in [1.165, 1.54) is 6.07 Å². The quantitative estimate of drug-likeness (QED) is 0.764. The first-order valence-corrected chi connectivity index (χ1v) is 7.01. The summed E-state index contributed by atoms with van der Waals surface area (Å²) in [6.45, 7) is 0. The van der Waals surface area contributed by atoms with Crippen molar-refractivity contribution >= 4 is 11.4 Å². The maximum absolute atomic E-state index is 12.0. The number of hydrogen-bond donors (Lipinski definition) is 1. The van der Waals surface area contributed by atoms with Gasteiger partial charge in [-0.1, -0.05) is 48.5 Å². The highest BCUT2D eigenvalue weighted by Gasteiger charge is 2.05. The lowest BCUT2D eigenvalue weighted by Crippen LogP contribution is -2.04. The molecule has 0 saturated heterocycles. The zero-order valence-electron chi connectivity index (χ0n) is 11.9. The molecule has 0 heterocycles. The minimum Gasteiger partial charge on any atom is -0.455 e. The van der Waals surface area contributed by atoms with Crippen molar-refractivity contribution < 1.29 is 4.74 Å². The average molecular weight is 289 g/mol. The molecular weight excluding hydrogens is 274 g/mol. The topological polar surface area (TPSA) is 38.3 Å². The minimum absolute atomic E-state index is 0.0699. The molecule has 0 spiro atoms. The Morgan fingerprint density at radius 2 is 1.23 bits per heavy atom. The van der Waals surface area contributed by atoms with Gasteiger partial charge in [-0.25, -0.2) is 0 Å². The third kappa shape index (κ3) is 3.33. The second kappa shape index (κ2) is 6.59. The lowest BCUT2D eigenvalue weighted by atomic mass is 10.2. The Bertz CT molecular complexity index is 816. The van der Waals surface area contributed by atoms with Gasteiger partial charge in [-0.3, -0.25) is 4.79 Å². The van der Waals surface area contributed by atoms with Gasteiger partial charge in [0.05, 0.1) is 11.4 Å². The molecule has 3 nitrogen and oxygen atoms in total. The summed E-state index contributed by atoms with van der Waals surface area (Å²) in [7, 11) is 0. The Morgan fingerprint density at radius 3 is 2.05 bits per heavy atom. The maximum atomic E-state index is 12.0. The minimum atomic E-state index is -0.0699. The largest absolute Gasteiger partial charge is 0.455 e. The molecule has 0 aliphatic heterocycles. The smallest absolute Gasteiger partial charge is 0.201 e. The molecule has 3 aromatic carbocycles. The Balaban J connectivity index is 1.92. The van der Waals surface area contributed by atoms with Gasteiger partial charge in [0, 0.05) is 0 Å². The van der Waals surface area contributed by atoms with Crippen molar-refractivity contribution in [2.45, 2.75) is 0 Å². The van der Waals surface area contributed by atoms with Gasteiger partial charge in [0.25, 0.3) is 0 Å². The first kappa shape index (κ1) is 13.9. The summed E-state index contributed by atoms with van der Waals surface area (Å²) in [6, 6.07) is 25.7. The van der Waals surface area contributed by atoms with E-state index in [2.05, 4.69) is 5.32 Å². The van der Waals surface area contributed by atoms with E-state index in [9.17, 15) is 4.79 Å². The fourth-order valence-electron chi connectivity index (χ4n) is 2.05. The van der Waals surface area contributed by atoms with Crippen molar-refractivity contribution in [1.82, 2.24) is 0 Å². The van der Waals surface area contributed by atoms with E-state index in [0.29, 0.717) is 11.4 Å². The lowest BCUT2D eigenvalue weighted by Gasteiger charge is -2.12. The van der Waals surface area contributed by atoms with Crippen LogP contribution in [0, 0.1) is 0 Å². The highest BCUT2D eigenvalue weighted by molar-refractivity contribution is 5.66. The van der Waals surface area contributed by atoms with Crippen molar-refractivity contribution in [3.8, 4) is 11.5 Å². The number of nitrogens with one attached hydrogen (secondary N) is 1. The summed E-state index contributed by atoms with van der Waals surface area (Å²) < 4.78 is 5.88. The molecule has 0 amide bonds. The predicted molar refractivity (Wildman–Crippen MR) is 89.0 cm³/mol. The summed E-state index contributed by atoms with van der Waals surface area (Å²) >= 11 is 0. The van der Waals surface area contributed by atoms with Gasteiger partial charge >= 0.3 is 0 Å². The molecule has 0 radical (unpaired) electrons. The van der Waals surface area contributed by atoms with Crippen LogP contribution < -0.4 is 15.5 Å². The highest BCUT2D eigenvalue weighted by Crippen LogP contribution is 2.30. The summed E-state index contributed by atoms with van der Waals surface area (Å²) in [4.78, 5) is 12.0. The maximum Gasteiger partial charge on any atom is 0.201 e. The first-order chi connectivity index (χ1) is 10.8. The molecule has 3 heteroatoms. The molecule has 0 fully saturated rings. The van der Waals surface area contributed by atoms with Crippen LogP contribution in [0.5, 0.6) is 11.5 Å². The molecule has 0 unspecified atom stereocenters. The number of hydrogen-bond acceptors (Lipinski definition) is 3. The number of anilines is 2. The summed E-state index contributed by atoms with van der Waals surface area (Å²) in [5.74, 6) is 1.41. The monoisotopic (exact) mass is 289 g/mol. The zero-order chi connectivity index (χ0) is 15.2. The molecule has 3 aromatic rings. The molecule has 0 aliphatic rings. The Labute approximate surface area is 128 Å². The van der Waals surface area contributed by atoms with E-state index in [1.807, 2.05) is 66.7 Å². The van der Waals surface area contributed by atoms with Crippen molar-refractivity contribution in [2.24, 2.45) is 0 Å². The molecule has 22 heavy (non-hydrogen) atoms. The second-order valence-corrected chi connectivity index (χ2v) is 4.72. The van der Waals surface area contributed by atoms with E-state index in [0.717, 1.165) is 11.4 Å². The molecular formula is C19H15NO2. The number of rotatable bonds is 4. The van der Waals surface area contributed by atoms with Crippen LogP contribution in [0.3, 0.4) is 0 Å². The van der Waals surface area contributed by atoms with Gasteiger partial charge in [0.15, 0.2) is 5.75 Å². The Kier molecular flexibility index (Phi) is 4.16. The van der Waals surface area contributed by atoms with Crippen LogP contribution in [-0.2, 0) is 0 Å². The average Bonchev–Trinajstić information content (AvgIpc) is 2.75. The Morgan fingerprint density at radius 1 is 0.636 bits per heavy atom. The molecule has 108 valence electrons. The van der Waals surface area contributed by atoms with E-state index >= 15 is 0 Å². The van der Waals surface area contributed by atoms with E-state index in [-0.39, 0.29) is 5.43 Å². The molecule has 0 bridgehead atoms. The normalized spacial score (nSPS) is 10.0. The predicted octanol–water partition coefficient (Wildman–Crippen LogP) is 4.58. The molecule has 0 atom stereocenters. The molecule has 1 N–H and O–H groups in total. The fourth-order valence-corrected chi connectivity index (χ4v) is 2.05. The van der Waals surface area contributed by atoms with Crippen molar-refractivity contribution in [3.63, 3.8) is 0 Å². The van der Waals surface area contributed by atoms with Crippen LogP contribution in [-0.4, -0.2) is 0 Å². The van der Waals surface area contributed by atoms with Crippen LogP contribution in [0.25, 0.3) is 0 Å². The molecule has 0 aliphatic carbocycles. The van der Waals surface area contributed by atoms with E-state index in [4.69, 9.17) is 4.74 Å².